The summed E-state index contributed by atoms with van der Waals surface area (Å²) in [5, 5.41) is 38.7. The van der Waals surface area contributed by atoms with E-state index >= 15 is 0 Å². The third kappa shape index (κ3) is 3.40. The molecule has 2 aromatic rings. The summed E-state index contributed by atoms with van der Waals surface area (Å²) in [6.45, 7) is -0.494. The molecule has 0 spiro atoms. The largest absolute Gasteiger partial charge is 0.462 e. The molecule has 1 aliphatic rings. The predicted octanol–water partition coefficient (Wildman–Crippen LogP) is -0.0727. The maximum absolute atomic E-state index is 9.97. The molecule has 1 saturated heterocycles. The van der Waals surface area contributed by atoms with Crippen molar-refractivity contribution in [2.45, 2.75) is 30.7 Å². The van der Waals surface area contributed by atoms with Gasteiger partial charge in [0.25, 0.3) is 0 Å². The topological polar surface area (TPSA) is 112 Å². The van der Waals surface area contributed by atoms with E-state index in [4.69, 9.17) is 9.47 Å². The van der Waals surface area contributed by atoms with Gasteiger partial charge in [-0.25, -0.2) is 0 Å². The second-order valence-corrected chi connectivity index (χ2v) is 5.58. The third-order valence-electron chi connectivity index (χ3n) is 3.97. The number of ether oxygens (including phenoxy) is 2. The fraction of sp³-hybridized carbons (Fsp3) is 0.353. The Balaban J connectivity index is 1.71. The molecule has 1 aliphatic heterocycles. The van der Waals surface area contributed by atoms with Crippen LogP contribution in [0, 0.1) is 0 Å². The standard InChI is InChI=1S/C17H19NO6/c19-9-13-14(20)15(21)16(22)17(24-13)23-12-3-1-10(2-4-12)11-5-7-18-8-6-11/h1-8,13-17,19-22H,9H2. The van der Waals surface area contributed by atoms with Crippen molar-refractivity contribution in [1.82, 2.24) is 4.98 Å². The minimum atomic E-state index is -1.46. The summed E-state index contributed by atoms with van der Waals surface area (Å²) in [6, 6.07) is 10.9. The highest BCUT2D eigenvalue weighted by molar-refractivity contribution is 5.63. The highest BCUT2D eigenvalue weighted by atomic mass is 16.7. The molecule has 128 valence electrons. The zero-order valence-electron chi connectivity index (χ0n) is 12.8. The van der Waals surface area contributed by atoms with E-state index in [2.05, 4.69) is 4.98 Å². The van der Waals surface area contributed by atoms with Gasteiger partial charge >= 0.3 is 0 Å². The van der Waals surface area contributed by atoms with Gasteiger partial charge in [-0.15, -0.1) is 0 Å². The molecule has 5 unspecified atom stereocenters. The summed E-state index contributed by atoms with van der Waals surface area (Å²) in [7, 11) is 0. The Kier molecular flexibility index (Phi) is 5.08. The van der Waals surface area contributed by atoms with Crippen molar-refractivity contribution in [3.63, 3.8) is 0 Å². The molecule has 1 aromatic heterocycles. The summed E-state index contributed by atoms with van der Waals surface area (Å²) in [6.07, 6.45) is -3.07. The Hall–Kier alpha value is -2.03. The van der Waals surface area contributed by atoms with Crippen LogP contribution in [-0.2, 0) is 4.74 Å². The number of aliphatic hydroxyl groups is 4. The third-order valence-corrected chi connectivity index (χ3v) is 3.97. The first-order chi connectivity index (χ1) is 11.6. The Bertz CT molecular complexity index is 648. The number of nitrogens with zero attached hydrogens (tertiary/aromatic N) is 1. The van der Waals surface area contributed by atoms with Crippen molar-refractivity contribution in [2.24, 2.45) is 0 Å². The van der Waals surface area contributed by atoms with E-state index in [1.54, 1.807) is 24.5 Å². The quantitative estimate of drug-likeness (QED) is 0.619. The lowest BCUT2D eigenvalue weighted by molar-refractivity contribution is -0.277. The molecule has 7 heteroatoms. The lowest BCUT2D eigenvalue weighted by Crippen LogP contribution is -2.60. The van der Waals surface area contributed by atoms with Crippen LogP contribution in [0.15, 0.2) is 48.8 Å². The summed E-state index contributed by atoms with van der Waals surface area (Å²) >= 11 is 0. The summed E-state index contributed by atoms with van der Waals surface area (Å²) in [5.41, 5.74) is 1.97. The highest BCUT2D eigenvalue weighted by Gasteiger charge is 2.44. The molecule has 3 rings (SSSR count). The Morgan fingerprint density at radius 1 is 0.875 bits per heavy atom. The van der Waals surface area contributed by atoms with Crippen LogP contribution in [-0.4, -0.2) is 62.7 Å². The molecule has 0 aliphatic carbocycles. The second kappa shape index (κ2) is 7.25. The lowest BCUT2D eigenvalue weighted by atomic mass is 9.99. The number of aromatic nitrogens is 1. The molecular weight excluding hydrogens is 314 g/mol. The van der Waals surface area contributed by atoms with Crippen LogP contribution in [0.4, 0.5) is 0 Å². The fourth-order valence-electron chi connectivity index (χ4n) is 2.57. The van der Waals surface area contributed by atoms with Gasteiger partial charge in [-0.2, -0.15) is 0 Å². The molecular formula is C17H19NO6. The molecule has 0 radical (unpaired) electrons. The van der Waals surface area contributed by atoms with E-state index in [0.717, 1.165) is 11.1 Å². The maximum atomic E-state index is 9.97. The zero-order chi connectivity index (χ0) is 17.1. The van der Waals surface area contributed by atoms with Gasteiger partial charge in [0.05, 0.1) is 6.61 Å². The summed E-state index contributed by atoms with van der Waals surface area (Å²) in [5.74, 6) is 0.428. The lowest BCUT2D eigenvalue weighted by Gasteiger charge is -2.39. The first kappa shape index (κ1) is 16.8. The van der Waals surface area contributed by atoms with Gasteiger partial charge < -0.3 is 29.9 Å². The molecule has 7 nitrogen and oxygen atoms in total. The van der Waals surface area contributed by atoms with E-state index in [0.29, 0.717) is 5.75 Å². The van der Waals surface area contributed by atoms with Crippen LogP contribution in [0.1, 0.15) is 0 Å². The smallest absolute Gasteiger partial charge is 0.229 e. The summed E-state index contributed by atoms with van der Waals surface area (Å²) < 4.78 is 10.9. The van der Waals surface area contributed by atoms with Crippen molar-refractivity contribution in [1.29, 1.82) is 0 Å². The normalized spacial score (nSPS) is 30.1. The molecule has 0 amide bonds. The van der Waals surface area contributed by atoms with Gasteiger partial charge in [0.1, 0.15) is 30.2 Å². The van der Waals surface area contributed by atoms with Crippen molar-refractivity contribution >= 4 is 0 Å². The fourth-order valence-corrected chi connectivity index (χ4v) is 2.57. The van der Waals surface area contributed by atoms with Crippen molar-refractivity contribution in [3.05, 3.63) is 48.8 Å². The molecule has 1 fully saturated rings. The number of pyridine rings is 1. The zero-order valence-corrected chi connectivity index (χ0v) is 12.8. The van der Waals surface area contributed by atoms with Gasteiger partial charge in [-0.3, -0.25) is 4.98 Å². The molecule has 1 aromatic carbocycles. The first-order valence-corrected chi connectivity index (χ1v) is 7.58. The number of rotatable bonds is 4. The predicted molar refractivity (Wildman–Crippen MR) is 84.1 cm³/mol. The van der Waals surface area contributed by atoms with E-state index < -0.39 is 37.3 Å². The Morgan fingerprint density at radius 3 is 2.12 bits per heavy atom. The Labute approximate surface area is 138 Å². The van der Waals surface area contributed by atoms with Crippen LogP contribution in [0.25, 0.3) is 11.1 Å². The minimum Gasteiger partial charge on any atom is -0.462 e. The van der Waals surface area contributed by atoms with E-state index in [1.165, 1.54) is 0 Å². The average Bonchev–Trinajstić information content (AvgIpc) is 2.63. The highest BCUT2D eigenvalue weighted by Crippen LogP contribution is 2.26. The van der Waals surface area contributed by atoms with Gasteiger partial charge in [-0.05, 0) is 35.4 Å². The maximum Gasteiger partial charge on any atom is 0.229 e. The average molecular weight is 333 g/mol. The van der Waals surface area contributed by atoms with E-state index in [-0.39, 0.29) is 0 Å². The molecule has 4 N–H and O–H groups in total. The number of hydrogen-bond donors (Lipinski definition) is 4. The van der Waals surface area contributed by atoms with Crippen molar-refractivity contribution < 1.29 is 29.9 Å². The van der Waals surface area contributed by atoms with Crippen LogP contribution < -0.4 is 4.74 Å². The number of aliphatic hydroxyl groups excluding tert-OH is 4. The summed E-state index contributed by atoms with van der Waals surface area (Å²) in [4.78, 5) is 3.97. The SMILES string of the molecule is OCC1OC(Oc2ccc(-c3ccncc3)cc2)C(O)C(O)C1O. The molecule has 0 bridgehead atoms. The van der Waals surface area contributed by atoms with Gasteiger partial charge in [0.15, 0.2) is 0 Å². The molecule has 5 atom stereocenters. The van der Waals surface area contributed by atoms with Crippen LogP contribution in [0.5, 0.6) is 5.75 Å². The second-order valence-electron chi connectivity index (χ2n) is 5.58. The molecule has 24 heavy (non-hydrogen) atoms. The minimum absolute atomic E-state index is 0.428. The molecule has 0 saturated carbocycles. The van der Waals surface area contributed by atoms with Crippen LogP contribution in [0.2, 0.25) is 0 Å². The monoisotopic (exact) mass is 333 g/mol. The Morgan fingerprint density at radius 2 is 1.50 bits per heavy atom. The van der Waals surface area contributed by atoms with Gasteiger partial charge in [0, 0.05) is 12.4 Å². The van der Waals surface area contributed by atoms with Gasteiger partial charge in [0.2, 0.25) is 6.29 Å². The van der Waals surface area contributed by atoms with E-state index in [1.807, 2.05) is 24.3 Å². The first-order valence-electron chi connectivity index (χ1n) is 7.58. The van der Waals surface area contributed by atoms with Crippen molar-refractivity contribution in [2.75, 3.05) is 6.61 Å². The number of benzene rings is 1. The van der Waals surface area contributed by atoms with Gasteiger partial charge in [-0.1, -0.05) is 12.1 Å². The van der Waals surface area contributed by atoms with Crippen LogP contribution in [0.3, 0.4) is 0 Å². The number of hydrogen-bond acceptors (Lipinski definition) is 7. The van der Waals surface area contributed by atoms with E-state index in [9.17, 15) is 20.4 Å². The molecule has 2 heterocycles. The van der Waals surface area contributed by atoms with Crippen LogP contribution >= 0.6 is 0 Å². The van der Waals surface area contributed by atoms with Crippen molar-refractivity contribution in [3.8, 4) is 16.9 Å².